The van der Waals surface area contributed by atoms with Gasteiger partial charge in [0.05, 0.1) is 17.0 Å². The minimum atomic E-state index is -0.686. The van der Waals surface area contributed by atoms with Gasteiger partial charge in [0, 0.05) is 67.5 Å². The summed E-state index contributed by atoms with van der Waals surface area (Å²) in [5.41, 5.74) is 10.6. The lowest BCUT2D eigenvalue weighted by atomic mass is 9.62. The van der Waals surface area contributed by atoms with Crippen molar-refractivity contribution in [3.63, 3.8) is 0 Å². The lowest BCUT2D eigenvalue weighted by molar-refractivity contribution is 0.400. The van der Waals surface area contributed by atoms with Crippen molar-refractivity contribution in [1.82, 2.24) is 9.88 Å². The first-order valence-corrected chi connectivity index (χ1v) is 18.1. The molecule has 3 aliphatic heterocycles. The maximum absolute atomic E-state index is 7.15. The average Bonchev–Trinajstić information content (AvgIpc) is 3.56. The first-order valence-electron chi connectivity index (χ1n) is 18.1. The molecule has 0 radical (unpaired) electrons. The summed E-state index contributed by atoms with van der Waals surface area (Å²) < 4.78 is 16.5. The summed E-state index contributed by atoms with van der Waals surface area (Å²) in [5, 5.41) is 6.04. The molecule has 1 spiro atoms. The molecule has 4 nitrogen and oxygen atoms in total. The van der Waals surface area contributed by atoms with Crippen LogP contribution in [0.4, 0.5) is 0 Å². The molecule has 52 heavy (non-hydrogen) atoms. The van der Waals surface area contributed by atoms with Crippen LogP contribution in [0.15, 0.2) is 170 Å². The first-order chi connectivity index (χ1) is 25.8. The second-order valence-corrected chi connectivity index (χ2v) is 13.9. The molecule has 0 bridgehead atoms. The van der Waals surface area contributed by atoms with Gasteiger partial charge < -0.3 is 19.4 Å². The number of ether oxygens (including phenoxy) is 2. The van der Waals surface area contributed by atoms with Crippen molar-refractivity contribution in [3.8, 4) is 34.1 Å². The van der Waals surface area contributed by atoms with Crippen molar-refractivity contribution in [2.45, 2.75) is 17.9 Å². The molecule has 0 amide bonds. The van der Waals surface area contributed by atoms with Gasteiger partial charge in [0.15, 0.2) is 0 Å². The summed E-state index contributed by atoms with van der Waals surface area (Å²) in [4.78, 5) is 0. The molecule has 2 unspecified atom stereocenters. The summed E-state index contributed by atoms with van der Waals surface area (Å²) in [7, 11) is 0. The van der Waals surface area contributed by atoms with Gasteiger partial charge in [-0.2, -0.15) is 0 Å². The summed E-state index contributed by atoms with van der Waals surface area (Å²) >= 11 is 0. The zero-order chi connectivity index (χ0) is 34.2. The van der Waals surface area contributed by atoms with Gasteiger partial charge in [-0.3, -0.25) is 0 Å². The Morgan fingerprint density at radius 1 is 0.596 bits per heavy atom. The summed E-state index contributed by atoms with van der Waals surface area (Å²) in [6.07, 6.45) is 16.2. The molecule has 6 aromatic carbocycles. The lowest BCUT2D eigenvalue weighted by Crippen LogP contribution is -2.37. The van der Waals surface area contributed by atoms with E-state index in [2.05, 4.69) is 180 Å². The number of nitrogens with one attached hydrogen (secondary N) is 1. The fourth-order valence-corrected chi connectivity index (χ4v) is 9.10. The van der Waals surface area contributed by atoms with E-state index >= 15 is 0 Å². The van der Waals surface area contributed by atoms with Crippen LogP contribution in [0.2, 0.25) is 0 Å². The van der Waals surface area contributed by atoms with Crippen LogP contribution in [0.25, 0.3) is 38.6 Å². The molecule has 7 aromatic rings. The Morgan fingerprint density at radius 2 is 1.33 bits per heavy atom. The van der Waals surface area contributed by atoms with E-state index < -0.39 is 5.41 Å². The summed E-state index contributed by atoms with van der Waals surface area (Å²) in [6, 6.07) is 46.2. The average molecular weight is 671 g/mol. The molecule has 2 atom stereocenters. The summed E-state index contributed by atoms with van der Waals surface area (Å²) in [5.74, 6) is 3.42. The third kappa shape index (κ3) is 4.03. The van der Waals surface area contributed by atoms with Crippen LogP contribution < -0.4 is 14.8 Å². The Morgan fingerprint density at radius 3 is 2.15 bits per heavy atom. The van der Waals surface area contributed by atoms with E-state index in [4.69, 9.17) is 9.47 Å². The Hall–Kier alpha value is -6.52. The number of fused-ring (bicyclic) bond motifs is 11. The van der Waals surface area contributed by atoms with Crippen LogP contribution in [-0.4, -0.2) is 11.1 Å². The Balaban J connectivity index is 1.22. The molecule has 0 saturated carbocycles. The molecule has 0 saturated heterocycles. The molecule has 1 aliphatic carbocycles. The highest BCUT2D eigenvalue weighted by atomic mass is 16.5. The Bertz CT molecular complexity index is 2730. The maximum Gasteiger partial charge on any atom is 0.140 e. The van der Waals surface area contributed by atoms with Crippen LogP contribution in [0.1, 0.15) is 40.3 Å². The van der Waals surface area contributed by atoms with Crippen molar-refractivity contribution >= 4 is 27.5 Å². The summed E-state index contributed by atoms with van der Waals surface area (Å²) in [6.45, 7) is 0.802. The fraction of sp³-hybridized carbons (Fsp3) is 0.0833. The predicted octanol–water partition coefficient (Wildman–Crippen LogP) is 11.6. The van der Waals surface area contributed by atoms with E-state index in [-0.39, 0.29) is 6.04 Å². The number of para-hydroxylation sites is 5. The molecular formula is C48H34N2O2. The molecule has 248 valence electrons. The highest BCUT2D eigenvalue weighted by Gasteiger charge is 2.51. The number of allylic oxidation sites excluding steroid dienone is 6. The van der Waals surface area contributed by atoms with Gasteiger partial charge in [0.2, 0.25) is 0 Å². The number of benzene rings is 6. The van der Waals surface area contributed by atoms with Gasteiger partial charge in [0.25, 0.3) is 0 Å². The van der Waals surface area contributed by atoms with Gasteiger partial charge in [-0.25, -0.2) is 0 Å². The number of hydrogen-bond donors (Lipinski definition) is 1. The van der Waals surface area contributed by atoms with Crippen LogP contribution >= 0.6 is 0 Å². The van der Waals surface area contributed by atoms with Crippen LogP contribution in [0, 0.1) is 0 Å². The highest BCUT2D eigenvalue weighted by molar-refractivity contribution is 6.13. The molecule has 4 heterocycles. The molecule has 4 heteroatoms. The van der Waals surface area contributed by atoms with Gasteiger partial charge in [-0.15, -0.1) is 0 Å². The SMILES string of the molecule is C1=CCNC(c2ccc3c(c2)Oc2ccccc2C32c3ccccc3Oc3c(-c4cccc5c6ccccc6n(C6C=CC=CC6)c45)cccc32)=C1. The maximum atomic E-state index is 7.15. The molecule has 0 fully saturated rings. The van der Waals surface area contributed by atoms with E-state index in [1.54, 1.807) is 0 Å². The standard InChI is InChI=1S/C48H34N2O2/c1-2-14-32(15-3-1)50-42-24-7-4-16-33(42)34-17-12-18-35(46(34)50)36-19-13-22-40-47(36)52-44-26-9-6-21-38(44)48(40)37-20-5-8-25-43(37)51-45-30-31(27-28-39(45)48)41-23-10-11-29-49-41/h1-14,16-28,30,32,49H,15,29H2. The number of rotatable bonds is 3. The zero-order valence-electron chi connectivity index (χ0n) is 28.4. The Kier molecular flexibility index (Phi) is 6.32. The molecular weight excluding hydrogens is 637 g/mol. The van der Waals surface area contributed by atoms with E-state index in [0.717, 1.165) is 80.6 Å². The number of dihydropyridines is 1. The second-order valence-electron chi connectivity index (χ2n) is 13.9. The van der Waals surface area contributed by atoms with Crippen LogP contribution in [-0.2, 0) is 5.41 Å². The van der Waals surface area contributed by atoms with Crippen molar-refractivity contribution in [2.75, 3.05) is 6.54 Å². The smallest absolute Gasteiger partial charge is 0.140 e. The Labute approximate surface area is 302 Å². The van der Waals surface area contributed by atoms with Crippen molar-refractivity contribution in [1.29, 1.82) is 0 Å². The van der Waals surface area contributed by atoms with E-state index in [1.165, 1.54) is 21.8 Å². The van der Waals surface area contributed by atoms with Crippen LogP contribution in [0.3, 0.4) is 0 Å². The van der Waals surface area contributed by atoms with Gasteiger partial charge in [-0.05, 0) is 36.8 Å². The van der Waals surface area contributed by atoms with Gasteiger partial charge >= 0.3 is 0 Å². The van der Waals surface area contributed by atoms with Crippen molar-refractivity contribution < 1.29 is 9.47 Å². The van der Waals surface area contributed by atoms with Crippen molar-refractivity contribution in [2.24, 2.45) is 0 Å². The third-order valence-electron chi connectivity index (χ3n) is 11.2. The zero-order valence-corrected chi connectivity index (χ0v) is 28.4. The van der Waals surface area contributed by atoms with E-state index in [9.17, 15) is 0 Å². The topological polar surface area (TPSA) is 35.4 Å². The monoisotopic (exact) mass is 670 g/mol. The predicted molar refractivity (Wildman–Crippen MR) is 210 cm³/mol. The molecule has 4 aliphatic rings. The third-order valence-corrected chi connectivity index (χ3v) is 11.2. The van der Waals surface area contributed by atoms with Crippen LogP contribution in [0.5, 0.6) is 23.0 Å². The first kappa shape index (κ1) is 29.2. The van der Waals surface area contributed by atoms with E-state index in [0.29, 0.717) is 0 Å². The number of aromatic nitrogens is 1. The lowest BCUT2D eigenvalue weighted by Gasteiger charge is -2.45. The minimum Gasteiger partial charge on any atom is -0.457 e. The quantitative estimate of drug-likeness (QED) is 0.203. The largest absolute Gasteiger partial charge is 0.457 e. The fourth-order valence-electron chi connectivity index (χ4n) is 9.10. The molecule has 11 rings (SSSR count). The second kappa shape index (κ2) is 11.2. The van der Waals surface area contributed by atoms with Gasteiger partial charge in [0.1, 0.15) is 23.0 Å². The number of hydrogen-bond acceptors (Lipinski definition) is 3. The molecule has 1 N–H and O–H groups in total. The number of nitrogens with zero attached hydrogens (tertiary/aromatic N) is 1. The van der Waals surface area contributed by atoms with Gasteiger partial charge in [-0.1, -0.05) is 140 Å². The minimum absolute atomic E-state index is 0.203. The normalized spacial score (nSPS) is 19.2. The highest BCUT2D eigenvalue weighted by Crippen LogP contribution is 2.63. The molecule has 1 aromatic heterocycles. The van der Waals surface area contributed by atoms with E-state index in [1.807, 2.05) is 0 Å². The van der Waals surface area contributed by atoms with Crippen molar-refractivity contribution in [3.05, 3.63) is 198 Å².